The maximum atomic E-state index is 12.7. The zero-order valence-electron chi connectivity index (χ0n) is 17.6. The number of hydrogen-bond acceptors (Lipinski definition) is 5. The summed E-state index contributed by atoms with van der Waals surface area (Å²) in [6.07, 6.45) is 8.99. The molecule has 2 aromatic heterocycles. The van der Waals surface area contributed by atoms with E-state index in [1.165, 1.54) is 0 Å². The Morgan fingerprint density at radius 2 is 2.17 bits per heavy atom. The molecule has 1 amide bonds. The highest BCUT2D eigenvalue weighted by Crippen LogP contribution is 2.28. The predicted molar refractivity (Wildman–Crippen MR) is 118 cm³/mol. The first-order chi connectivity index (χ1) is 14.5. The highest BCUT2D eigenvalue weighted by Gasteiger charge is 2.14. The summed E-state index contributed by atoms with van der Waals surface area (Å²) in [5.41, 5.74) is 3.95. The number of benzene rings is 1. The van der Waals surface area contributed by atoms with E-state index >= 15 is 0 Å². The first-order valence-corrected chi connectivity index (χ1v) is 9.60. The number of nitrogens with one attached hydrogen (secondary N) is 1. The van der Waals surface area contributed by atoms with Crippen molar-refractivity contribution < 1.29 is 9.53 Å². The molecule has 3 rings (SSSR count). The van der Waals surface area contributed by atoms with Gasteiger partial charge in [-0.2, -0.15) is 5.10 Å². The Morgan fingerprint density at radius 1 is 1.33 bits per heavy atom. The lowest BCUT2D eigenvalue weighted by Gasteiger charge is -2.13. The van der Waals surface area contributed by atoms with Crippen molar-refractivity contribution in [3.05, 3.63) is 77.4 Å². The van der Waals surface area contributed by atoms with Crippen LogP contribution in [-0.2, 0) is 13.6 Å². The van der Waals surface area contributed by atoms with Gasteiger partial charge in [-0.1, -0.05) is 12.1 Å². The van der Waals surface area contributed by atoms with Crippen molar-refractivity contribution in [1.82, 2.24) is 20.1 Å². The number of allylic oxidation sites excluding steroid dienone is 2. The predicted octanol–water partition coefficient (Wildman–Crippen LogP) is 3.95. The van der Waals surface area contributed by atoms with Gasteiger partial charge in [0.05, 0.1) is 11.9 Å². The summed E-state index contributed by atoms with van der Waals surface area (Å²) in [5.74, 6) is 1.10. The molecule has 0 aliphatic carbocycles. The van der Waals surface area contributed by atoms with E-state index in [2.05, 4.69) is 20.4 Å². The molecule has 7 heteroatoms. The zero-order chi connectivity index (χ0) is 21.5. The second-order valence-electron chi connectivity index (χ2n) is 6.74. The lowest BCUT2D eigenvalue weighted by molar-refractivity contribution is 0.0950. The van der Waals surface area contributed by atoms with E-state index in [1.807, 2.05) is 51.4 Å². The van der Waals surface area contributed by atoms with Crippen LogP contribution >= 0.6 is 0 Å². The van der Waals surface area contributed by atoms with Crippen LogP contribution in [0.15, 0.2) is 60.0 Å². The van der Waals surface area contributed by atoms with E-state index in [0.717, 1.165) is 22.4 Å². The molecular weight excluding hydrogens is 378 g/mol. The van der Waals surface area contributed by atoms with Gasteiger partial charge in [-0.15, -0.1) is 0 Å². The van der Waals surface area contributed by atoms with E-state index in [4.69, 9.17) is 4.74 Å². The minimum Gasteiger partial charge on any atom is -0.457 e. The molecule has 3 aromatic rings. The summed E-state index contributed by atoms with van der Waals surface area (Å²) in [7, 11) is 3.56. The molecule has 0 saturated heterocycles. The minimum atomic E-state index is -0.160. The quantitative estimate of drug-likeness (QED) is 0.606. The third-order valence-corrected chi connectivity index (χ3v) is 4.57. The van der Waals surface area contributed by atoms with Crippen LogP contribution in [0.3, 0.4) is 0 Å². The number of aromatic nitrogens is 3. The molecule has 0 radical (unpaired) electrons. The monoisotopic (exact) mass is 403 g/mol. The maximum absolute atomic E-state index is 12.7. The van der Waals surface area contributed by atoms with Crippen molar-refractivity contribution in [3.63, 3.8) is 0 Å². The Morgan fingerprint density at radius 3 is 2.87 bits per heavy atom. The molecule has 154 valence electrons. The lowest BCUT2D eigenvalue weighted by atomic mass is 10.1. The SMILES string of the molecule is C/C=C(\C=NC)c1cc(Oc2cccc(C(=O)NCc3cnn(C)c3)c2C)ccn1. The van der Waals surface area contributed by atoms with Crippen molar-refractivity contribution in [3.8, 4) is 11.5 Å². The van der Waals surface area contributed by atoms with E-state index in [0.29, 0.717) is 23.6 Å². The molecule has 0 saturated carbocycles. The van der Waals surface area contributed by atoms with E-state index in [1.54, 1.807) is 42.5 Å². The number of carbonyl (C=O) groups is 1. The highest BCUT2D eigenvalue weighted by atomic mass is 16.5. The summed E-state index contributed by atoms with van der Waals surface area (Å²) in [6.45, 7) is 4.22. The largest absolute Gasteiger partial charge is 0.457 e. The van der Waals surface area contributed by atoms with Crippen LogP contribution in [0.2, 0.25) is 0 Å². The Balaban J connectivity index is 1.77. The standard InChI is InChI=1S/C23H25N5O2/c1-5-18(14-24-3)21-11-19(9-10-25-21)30-22-8-6-7-20(16(22)2)23(29)26-12-17-13-27-28(4)15-17/h5-11,13-15H,12H2,1-4H3,(H,26,29)/b18-5+,24-14?. The Kier molecular flexibility index (Phi) is 6.75. The summed E-state index contributed by atoms with van der Waals surface area (Å²) in [4.78, 5) is 21.1. The molecule has 0 fully saturated rings. The lowest BCUT2D eigenvalue weighted by Crippen LogP contribution is -2.23. The maximum Gasteiger partial charge on any atom is 0.251 e. The van der Waals surface area contributed by atoms with Crippen molar-refractivity contribution in [2.75, 3.05) is 7.05 Å². The van der Waals surface area contributed by atoms with Gasteiger partial charge in [-0.05, 0) is 32.0 Å². The van der Waals surface area contributed by atoms with Crippen LogP contribution in [0.5, 0.6) is 11.5 Å². The van der Waals surface area contributed by atoms with Gasteiger partial charge in [-0.3, -0.25) is 19.5 Å². The van der Waals surface area contributed by atoms with Crippen LogP contribution in [0.25, 0.3) is 5.57 Å². The summed E-state index contributed by atoms with van der Waals surface area (Å²) in [6, 6.07) is 9.08. The summed E-state index contributed by atoms with van der Waals surface area (Å²) >= 11 is 0. The van der Waals surface area contributed by atoms with Crippen molar-refractivity contribution >= 4 is 17.7 Å². The van der Waals surface area contributed by atoms with Gasteiger partial charge in [0, 0.05) is 67.6 Å². The van der Waals surface area contributed by atoms with E-state index in [9.17, 15) is 4.79 Å². The Hall–Kier alpha value is -3.74. The number of nitrogens with zero attached hydrogens (tertiary/aromatic N) is 4. The third-order valence-electron chi connectivity index (χ3n) is 4.57. The van der Waals surface area contributed by atoms with Crippen molar-refractivity contribution in [2.24, 2.45) is 12.0 Å². The Bertz CT molecular complexity index is 1100. The Labute approximate surface area is 176 Å². The number of rotatable bonds is 7. The number of carbonyl (C=O) groups excluding carboxylic acids is 1. The molecule has 0 aliphatic rings. The van der Waals surface area contributed by atoms with Gasteiger partial charge in [-0.25, -0.2) is 0 Å². The van der Waals surface area contributed by atoms with Crippen LogP contribution in [-0.4, -0.2) is 33.9 Å². The number of amides is 1. The third kappa shape index (κ3) is 5.00. The van der Waals surface area contributed by atoms with Gasteiger partial charge in [0.2, 0.25) is 0 Å². The zero-order valence-corrected chi connectivity index (χ0v) is 17.6. The molecule has 1 N–H and O–H groups in total. The van der Waals surface area contributed by atoms with Gasteiger partial charge < -0.3 is 10.1 Å². The van der Waals surface area contributed by atoms with Crippen LogP contribution in [0.1, 0.15) is 34.1 Å². The average Bonchev–Trinajstić information content (AvgIpc) is 3.17. The molecular formula is C23H25N5O2. The summed E-state index contributed by atoms with van der Waals surface area (Å²) < 4.78 is 7.78. The minimum absolute atomic E-state index is 0.160. The fourth-order valence-corrected chi connectivity index (χ4v) is 3.00. The molecule has 0 bridgehead atoms. The molecule has 30 heavy (non-hydrogen) atoms. The van der Waals surface area contributed by atoms with Gasteiger partial charge >= 0.3 is 0 Å². The second kappa shape index (κ2) is 9.65. The first-order valence-electron chi connectivity index (χ1n) is 9.60. The van der Waals surface area contributed by atoms with Gasteiger partial charge in [0.25, 0.3) is 5.91 Å². The molecule has 2 heterocycles. The molecule has 7 nitrogen and oxygen atoms in total. The number of ether oxygens (including phenoxy) is 1. The summed E-state index contributed by atoms with van der Waals surface area (Å²) in [5, 5.41) is 7.04. The number of hydrogen-bond donors (Lipinski definition) is 1. The van der Waals surface area contributed by atoms with Crippen LogP contribution < -0.4 is 10.1 Å². The van der Waals surface area contributed by atoms with Gasteiger partial charge in [0.15, 0.2) is 0 Å². The highest BCUT2D eigenvalue weighted by molar-refractivity contribution is 6.08. The fraction of sp³-hybridized carbons (Fsp3) is 0.217. The first kappa shape index (κ1) is 21.0. The average molecular weight is 403 g/mol. The molecule has 0 spiro atoms. The number of aryl methyl sites for hydroxylation is 1. The van der Waals surface area contributed by atoms with Crippen LogP contribution in [0.4, 0.5) is 0 Å². The number of aliphatic imine (C=N–C) groups is 1. The van der Waals surface area contributed by atoms with Gasteiger partial charge in [0.1, 0.15) is 11.5 Å². The molecule has 0 aliphatic heterocycles. The fourth-order valence-electron chi connectivity index (χ4n) is 3.00. The smallest absolute Gasteiger partial charge is 0.251 e. The number of pyridine rings is 1. The topological polar surface area (TPSA) is 81.4 Å². The normalized spacial score (nSPS) is 11.7. The van der Waals surface area contributed by atoms with E-state index in [-0.39, 0.29) is 5.91 Å². The van der Waals surface area contributed by atoms with E-state index < -0.39 is 0 Å². The van der Waals surface area contributed by atoms with Crippen LogP contribution in [0, 0.1) is 6.92 Å². The second-order valence-corrected chi connectivity index (χ2v) is 6.74. The molecule has 0 atom stereocenters. The molecule has 0 unspecified atom stereocenters. The van der Waals surface area contributed by atoms with Crippen molar-refractivity contribution in [1.29, 1.82) is 0 Å². The van der Waals surface area contributed by atoms with Crippen molar-refractivity contribution in [2.45, 2.75) is 20.4 Å². The molecule has 1 aromatic carbocycles.